The lowest BCUT2D eigenvalue weighted by Crippen LogP contribution is -2.38. The zero-order valence-electron chi connectivity index (χ0n) is 20.4. The predicted molar refractivity (Wildman–Crippen MR) is 143 cm³/mol. The number of allylic oxidation sites excluding steroid dienone is 1. The van der Waals surface area contributed by atoms with Gasteiger partial charge in [-0.05, 0) is 60.7 Å². The van der Waals surface area contributed by atoms with E-state index in [1.54, 1.807) is 14.2 Å². The maximum Gasteiger partial charge on any atom is 0.271 e. The lowest BCUT2D eigenvalue weighted by molar-refractivity contribution is 0.402. The molecule has 1 atom stereocenters. The van der Waals surface area contributed by atoms with Gasteiger partial charge in [0.25, 0.3) is 5.56 Å². The van der Waals surface area contributed by atoms with Gasteiger partial charge >= 0.3 is 0 Å². The van der Waals surface area contributed by atoms with Gasteiger partial charge in [-0.25, -0.2) is 4.99 Å². The van der Waals surface area contributed by atoms with Crippen LogP contribution in [0.4, 0.5) is 0 Å². The maximum atomic E-state index is 13.9. The summed E-state index contributed by atoms with van der Waals surface area (Å²) >= 11 is 1.42. The average molecular weight is 495 g/mol. The molecule has 1 aliphatic carbocycles. The van der Waals surface area contributed by atoms with Crippen LogP contribution in [0.5, 0.6) is 11.5 Å². The first-order valence-electron chi connectivity index (χ1n) is 12.0. The van der Waals surface area contributed by atoms with Crippen LogP contribution in [0.25, 0.3) is 11.8 Å². The van der Waals surface area contributed by atoms with E-state index in [0.717, 1.165) is 29.7 Å². The summed E-state index contributed by atoms with van der Waals surface area (Å²) in [5, 5.41) is 0. The molecule has 2 aliphatic rings. The third-order valence-corrected chi connectivity index (χ3v) is 7.97. The van der Waals surface area contributed by atoms with Crippen molar-refractivity contribution < 1.29 is 9.47 Å². The van der Waals surface area contributed by atoms with Gasteiger partial charge in [-0.3, -0.25) is 9.36 Å². The fraction of sp³-hybridized carbons (Fsp3) is 0.200. The van der Waals surface area contributed by atoms with Crippen LogP contribution in [-0.4, -0.2) is 18.8 Å². The molecule has 0 N–H and O–H groups in total. The van der Waals surface area contributed by atoms with E-state index in [1.165, 1.54) is 33.6 Å². The van der Waals surface area contributed by atoms with Gasteiger partial charge in [0.15, 0.2) is 4.80 Å². The van der Waals surface area contributed by atoms with E-state index < -0.39 is 0 Å². The van der Waals surface area contributed by atoms with Crippen LogP contribution in [-0.2, 0) is 6.42 Å². The van der Waals surface area contributed by atoms with E-state index >= 15 is 0 Å². The van der Waals surface area contributed by atoms with Gasteiger partial charge in [-0.15, -0.1) is 0 Å². The number of aryl methyl sites for hydroxylation is 2. The van der Waals surface area contributed by atoms with Gasteiger partial charge in [0, 0.05) is 11.1 Å². The fourth-order valence-electron chi connectivity index (χ4n) is 5.16. The standard InChI is InChI=1S/C30H26N2O3S/c1-18-8-10-20(11-9-18)28-24-14-12-19-6-4-5-7-23(19)27(24)31-30-32(28)29(33)26(36-30)17-21-16-22(34-2)13-15-25(21)35-3/h4-11,13,15-17,28H,12,14H2,1-3H3/b26-17-. The van der Waals surface area contributed by atoms with Crippen molar-refractivity contribution in [1.29, 1.82) is 0 Å². The number of aromatic nitrogens is 1. The fourth-order valence-corrected chi connectivity index (χ4v) is 6.16. The minimum absolute atomic E-state index is 0.0420. The molecule has 1 aromatic heterocycles. The monoisotopic (exact) mass is 494 g/mol. The molecule has 0 fully saturated rings. The Bertz CT molecular complexity index is 1690. The predicted octanol–water partition coefficient (Wildman–Crippen LogP) is 4.64. The van der Waals surface area contributed by atoms with Crippen molar-refractivity contribution in [2.75, 3.05) is 14.2 Å². The van der Waals surface area contributed by atoms with E-state index in [4.69, 9.17) is 14.5 Å². The van der Waals surface area contributed by atoms with Gasteiger partial charge in [0.05, 0.1) is 30.5 Å². The molecule has 6 heteroatoms. The summed E-state index contributed by atoms with van der Waals surface area (Å²) in [5.74, 6) is 1.39. The molecule has 0 radical (unpaired) electrons. The molecule has 2 heterocycles. The Labute approximate surface area is 213 Å². The summed E-state index contributed by atoms with van der Waals surface area (Å²) in [5.41, 5.74) is 7.74. The highest BCUT2D eigenvalue weighted by molar-refractivity contribution is 7.07. The van der Waals surface area contributed by atoms with Crippen molar-refractivity contribution >= 4 is 23.1 Å². The zero-order chi connectivity index (χ0) is 24.8. The maximum absolute atomic E-state index is 13.9. The van der Waals surface area contributed by atoms with E-state index in [9.17, 15) is 4.79 Å². The summed E-state index contributed by atoms with van der Waals surface area (Å²) in [6.45, 7) is 2.08. The summed E-state index contributed by atoms with van der Waals surface area (Å²) < 4.78 is 13.5. The van der Waals surface area contributed by atoms with E-state index in [0.29, 0.717) is 20.8 Å². The quantitative estimate of drug-likeness (QED) is 0.415. The number of fused-ring (bicyclic) bond motifs is 3. The third kappa shape index (κ3) is 3.69. The molecule has 0 amide bonds. The first kappa shape index (κ1) is 22.6. The van der Waals surface area contributed by atoms with E-state index in [2.05, 4.69) is 55.5 Å². The molecule has 6 rings (SSSR count). The number of thiazole rings is 1. The molecule has 1 aliphatic heterocycles. The first-order chi connectivity index (χ1) is 17.6. The van der Waals surface area contributed by atoms with Crippen molar-refractivity contribution in [3.8, 4) is 11.5 Å². The largest absolute Gasteiger partial charge is 0.497 e. The van der Waals surface area contributed by atoms with Crippen molar-refractivity contribution in [2.24, 2.45) is 4.99 Å². The summed E-state index contributed by atoms with van der Waals surface area (Å²) in [4.78, 5) is 19.7. The van der Waals surface area contributed by atoms with Crippen LogP contribution in [0.1, 0.15) is 40.3 Å². The van der Waals surface area contributed by atoms with Crippen LogP contribution < -0.4 is 24.4 Å². The van der Waals surface area contributed by atoms with E-state index in [-0.39, 0.29) is 11.6 Å². The Kier molecular flexibility index (Phi) is 5.61. The minimum atomic E-state index is -0.181. The van der Waals surface area contributed by atoms with Crippen LogP contribution >= 0.6 is 11.3 Å². The Balaban J connectivity index is 1.62. The molecule has 180 valence electrons. The second-order valence-corrected chi connectivity index (χ2v) is 10.1. The molecule has 0 saturated heterocycles. The summed E-state index contributed by atoms with van der Waals surface area (Å²) in [6, 6.07) is 22.4. The number of hydrogen-bond acceptors (Lipinski definition) is 5. The smallest absolute Gasteiger partial charge is 0.271 e. The molecular weight excluding hydrogens is 468 g/mol. The topological polar surface area (TPSA) is 52.8 Å². The number of nitrogens with zero attached hydrogens (tertiary/aromatic N) is 2. The Hall–Kier alpha value is -3.90. The number of rotatable bonds is 4. The number of hydrogen-bond donors (Lipinski definition) is 0. The summed E-state index contributed by atoms with van der Waals surface area (Å²) in [7, 11) is 3.26. The van der Waals surface area contributed by atoms with Crippen LogP contribution in [0, 0.1) is 6.92 Å². The average Bonchev–Trinajstić information content (AvgIpc) is 3.22. The van der Waals surface area contributed by atoms with Crippen molar-refractivity contribution in [3.05, 3.63) is 120 Å². The highest BCUT2D eigenvalue weighted by atomic mass is 32.1. The number of benzene rings is 3. The van der Waals surface area contributed by atoms with Gasteiger partial charge in [-0.1, -0.05) is 65.4 Å². The Morgan fingerprint density at radius 1 is 1.00 bits per heavy atom. The number of ether oxygens (including phenoxy) is 2. The highest BCUT2D eigenvalue weighted by Crippen LogP contribution is 2.41. The van der Waals surface area contributed by atoms with Crippen LogP contribution in [0.2, 0.25) is 0 Å². The Morgan fingerprint density at radius 3 is 2.58 bits per heavy atom. The molecular formula is C30H26N2O3S. The molecule has 36 heavy (non-hydrogen) atoms. The molecule has 0 saturated carbocycles. The van der Waals surface area contributed by atoms with Crippen LogP contribution in [0.15, 0.2) is 82.1 Å². The third-order valence-electron chi connectivity index (χ3n) is 6.99. The van der Waals surface area contributed by atoms with E-state index in [1.807, 2.05) is 28.8 Å². The van der Waals surface area contributed by atoms with Gasteiger partial charge in [0.1, 0.15) is 11.5 Å². The van der Waals surface area contributed by atoms with Gasteiger partial charge in [-0.2, -0.15) is 0 Å². The highest BCUT2D eigenvalue weighted by Gasteiger charge is 2.32. The Morgan fingerprint density at radius 2 is 1.81 bits per heavy atom. The molecule has 0 bridgehead atoms. The minimum Gasteiger partial charge on any atom is -0.497 e. The molecule has 4 aromatic rings. The van der Waals surface area contributed by atoms with Gasteiger partial charge < -0.3 is 9.47 Å². The molecule has 5 nitrogen and oxygen atoms in total. The second kappa shape index (κ2) is 8.95. The molecule has 1 unspecified atom stereocenters. The van der Waals surface area contributed by atoms with Crippen molar-refractivity contribution in [3.63, 3.8) is 0 Å². The first-order valence-corrected chi connectivity index (χ1v) is 12.8. The molecule has 3 aromatic carbocycles. The van der Waals surface area contributed by atoms with Crippen molar-refractivity contribution in [1.82, 2.24) is 4.57 Å². The zero-order valence-corrected chi connectivity index (χ0v) is 21.3. The van der Waals surface area contributed by atoms with Gasteiger partial charge in [0.2, 0.25) is 0 Å². The van der Waals surface area contributed by atoms with Crippen molar-refractivity contribution in [2.45, 2.75) is 25.8 Å². The second-order valence-electron chi connectivity index (χ2n) is 9.13. The van der Waals surface area contributed by atoms with Crippen LogP contribution in [0.3, 0.4) is 0 Å². The molecule has 0 spiro atoms. The normalized spacial score (nSPS) is 16.6. The lowest BCUT2D eigenvalue weighted by atomic mass is 9.83. The lowest BCUT2D eigenvalue weighted by Gasteiger charge is -2.30. The summed E-state index contributed by atoms with van der Waals surface area (Å²) in [6.07, 6.45) is 3.70. The number of methoxy groups -OCH3 is 2. The SMILES string of the molecule is COc1ccc(OC)c(/C=c2\sc3n(c2=O)C(c2ccc(C)cc2)C2=C(N=3)c3ccccc3CC2)c1.